The molecule has 7 nitrogen and oxygen atoms in total. The Balaban J connectivity index is 2.44. The van der Waals surface area contributed by atoms with E-state index in [1.807, 2.05) is 0 Å². The second-order valence-electron chi connectivity index (χ2n) is 3.94. The van der Waals surface area contributed by atoms with E-state index in [0.717, 1.165) is 23.0 Å². The minimum absolute atomic E-state index is 0.0697. The number of hydrogen-bond acceptors (Lipinski definition) is 5. The lowest BCUT2D eigenvalue weighted by atomic mass is 10.3. The first-order chi connectivity index (χ1) is 8.93. The standard InChI is InChI=1S/C10H11ClN2O5S/c11-9-4-3-8(13(14)15)7-10(9)19(16,17)12-5-1-2-6-18-12/h3-4,7H,1-2,5-6H2. The summed E-state index contributed by atoms with van der Waals surface area (Å²) in [4.78, 5) is 14.8. The monoisotopic (exact) mass is 306 g/mol. The number of nitrogens with zero attached hydrogens (tertiary/aromatic N) is 2. The van der Waals surface area contributed by atoms with Crippen molar-refractivity contribution in [1.29, 1.82) is 0 Å². The summed E-state index contributed by atoms with van der Waals surface area (Å²) in [6.07, 6.45) is 1.44. The van der Waals surface area contributed by atoms with Gasteiger partial charge in [-0.15, -0.1) is 0 Å². The zero-order valence-corrected chi connectivity index (χ0v) is 11.4. The quantitative estimate of drug-likeness (QED) is 0.629. The number of sulfonamides is 1. The first kappa shape index (κ1) is 14.2. The molecule has 0 aliphatic carbocycles. The van der Waals surface area contributed by atoms with Crippen molar-refractivity contribution < 1.29 is 18.2 Å². The van der Waals surface area contributed by atoms with E-state index < -0.39 is 14.9 Å². The fourth-order valence-electron chi connectivity index (χ4n) is 1.68. The molecule has 0 spiro atoms. The van der Waals surface area contributed by atoms with Gasteiger partial charge in [-0.25, -0.2) is 8.42 Å². The van der Waals surface area contributed by atoms with E-state index in [-0.39, 0.29) is 22.2 Å². The van der Waals surface area contributed by atoms with Crippen molar-refractivity contribution in [2.45, 2.75) is 17.7 Å². The van der Waals surface area contributed by atoms with E-state index in [2.05, 4.69) is 0 Å². The van der Waals surface area contributed by atoms with Crippen molar-refractivity contribution in [3.63, 3.8) is 0 Å². The van der Waals surface area contributed by atoms with Crippen LogP contribution in [0.15, 0.2) is 23.1 Å². The van der Waals surface area contributed by atoms with E-state index in [9.17, 15) is 18.5 Å². The van der Waals surface area contributed by atoms with Crippen LogP contribution in [0, 0.1) is 10.1 Å². The minimum Gasteiger partial charge on any atom is -0.284 e. The maximum absolute atomic E-state index is 12.3. The number of non-ortho nitro benzene ring substituents is 1. The molecule has 1 aromatic rings. The number of halogens is 1. The molecule has 9 heteroatoms. The van der Waals surface area contributed by atoms with Crippen LogP contribution >= 0.6 is 11.6 Å². The number of hydroxylamine groups is 1. The van der Waals surface area contributed by atoms with Crippen molar-refractivity contribution in [2.75, 3.05) is 13.2 Å². The lowest BCUT2D eigenvalue weighted by Gasteiger charge is -2.25. The Labute approximate surface area is 114 Å². The second-order valence-corrected chi connectivity index (χ2v) is 6.15. The van der Waals surface area contributed by atoms with Crippen molar-refractivity contribution in [1.82, 2.24) is 4.47 Å². The van der Waals surface area contributed by atoms with Gasteiger partial charge in [0.05, 0.1) is 16.6 Å². The van der Waals surface area contributed by atoms with E-state index in [4.69, 9.17) is 16.4 Å². The van der Waals surface area contributed by atoms with E-state index in [1.54, 1.807) is 0 Å². The van der Waals surface area contributed by atoms with Crippen LogP contribution in [0.5, 0.6) is 0 Å². The number of rotatable bonds is 3. The summed E-state index contributed by atoms with van der Waals surface area (Å²) in [7, 11) is -3.97. The molecule has 1 saturated heterocycles. The summed E-state index contributed by atoms with van der Waals surface area (Å²) < 4.78 is 25.4. The molecule has 1 heterocycles. The van der Waals surface area contributed by atoms with Crippen LogP contribution in [0.1, 0.15) is 12.8 Å². The molecular formula is C10H11ClN2O5S. The molecule has 0 saturated carbocycles. The lowest BCUT2D eigenvalue weighted by Crippen LogP contribution is -2.35. The predicted octanol–water partition coefficient (Wildman–Crippen LogP) is 1.96. The zero-order valence-electron chi connectivity index (χ0n) is 9.78. The summed E-state index contributed by atoms with van der Waals surface area (Å²) in [5.74, 6) is 0. The maximum atomic E-state index is 12.3. The van der Waals surface area contributed by atoms with Gasteiger partial charge in [0.15, 0.2) is 0 Å². The molecule has 0 aromatic heterocycles. The van der Waals surface area contributed by atoms with Gasteiger partial charge < -0.3 is 0 Å². The topological polar surface area (TPSA) is 89.8 Å². The van der Waals surface area contributed by atoms with Crippen LogP contribution in [-0.2, 0) is 14.9 Å². The molecule has 1 fully saturated rings. The molecule has 0 N–H and O–H groups in total. The molecule has 0 radical (unpaired) electrons. The van der Waals surface area contributed by atoms with Crippen molar-refractivity contribution in [3.8, 4) is 0 Å². The Morgan fingerprint density at radius 3 is 2.68 bits per heavy atom. The predicted molar refractivity (Wildman–Crippen MR) is 67.2 cm³/mol. The molecule has 0 atom stereocenters. The van der Waals surface area contributed by atoms with Gasteiger partial charge in [0.1, 0.15) is 4.90 Å². The fourth-order valence-corrected chi connectivity index (χ4v) is 3.47. The Morgan fingerprint density at radius 1 is 1.37 bits per heavy atom. The third kappa shape index (κ3) is 2.86. The highest BCUT2D eigenvalue weighted by atomic mass is 35.5. The van der Waals surface area contributed by atoms with E-state index >= 15 is 0 Å². The number of benzene rings is 1. The Hall–Kier alpha value is -1.22. The highest BCUT2D eigenvalue weighted by Gasteiger charge is 2.30. The normalized spacial score (nSPS) is 17.3. The maximum Gasteiger partial charge on any atom is 0.270 e. The van der Waals surface area contributed by atoms with Crippen LogP contribution in [0.3, 0.4) is 0 Å². The summed E-state index contributed by atoms with van der Waals surface area (Å²) in [6.45, 7) is 0.507. The summed E-state index contributed by atoms with van der Waals surface area (Å²) in [5, 5.41) is 10.6. The summed E-state index contributed by atoms with van der Waals surface area (Å²) in [5.41, 5.74) is -0.333. The lowest BCUT2D eigenvalue weighted by molar-refractivity contribution is -0.385. The molecule has 1 aliphatic heterocycles. The van der Waals surface area contributed by atoms with Gasteiger partial charge in [-0.1, -0.05) is 16.1 Å². The van der Waals surface area contributed by atoms with Crippen LogP contribution in [0.2, 0.25) is 5.02 Å². The van der Waals surface area contributed by atoms with Gasteiger partial charge in [0.25, 0.3) is 15.7 Å². The number of hydrogen-bond donors (Lipinski definition) is 0. The molecule has 0 bridgehead atoms. The Morgan fingerprint density at radius 2 is 2.11 bits per heavy atom. The molecule has 104 valence electrons. The molecule has 1 aliphatic rings. The second kappa shape index (κ2) is 5.41. The van der Waals surface area contributed by atoms with Crippen molar-refractivity contribution in [2.24, 2.45) is 0 Å². The molecule has 19 heavy (non-hydrogen) atoms. The van der Waals surface area contributed by atoms with E-state index in [0.29, 0.717) is 13.0 Å². The van der Waals surface area contributed by atoms with Gasteiger partial charge >= 0.3 is 0 Å². The average molecular weight is 307 g/mol. The molecule has 0 amide bonds. The first-order valence-corrected chi connectivity index (χ1v) is 7.34. The Kier molecular flexibility index (Phi) is 4.04. The fraction of sp³-hybridized carbons (Fsp3) is 0.400. The van der Waals surface area contributed by atoms with Crippen LogP contribution < -0.4 is 0 Å². The highest BCUT2D eigenvalue weighted by Crippen LogP contribution is 2.29. The number of nitro groups is 1. The molecule has 0 unspecified atom stereocenters. The third-order valence-electron chi connectivity index (χ3n) is 2.64. The SMILES string of the molecule is O=[N+]([O-])c1ccc(Cl)c(S(=O)(=O)N2CCCCO2)c1. The van der Waals surface area contributed by atoms with Crippen LogP contribution in [0.4, 0.5) is 5.69 Å². The van der Waals surface area contributed by atoms with Crippen LogP contribution in [-0.4, -0.2) is 31.0 Å². The zero-order chi connectivity index (χ0) is 14.0. The average Bonchev–Trinajstić information content (AvgIpc) is 2.39. The van der Waals surface area contributed by atoms with Gasteiger partial charge in [-0.05, 0) is 18.9 Å². The van der Waals surface area contributed by atoms with Crippen molar-refractivity contribution in [3.05, 3.63) is 33.3 Å². The Bertz CT molecular complexity index is 598. The summed E-state index contributed by atoms with van der Waals surface area (Å²) >= 11 is 5.82. The highest BCUT2D eigenvalue weighted by molar-refractivity contribution is 7.89. The largest absolute Gasteiger partial charge is 0.284 e. The third-order valence-corrected chi connectivity index (χ3v) is 4.80. The van der Waals surface area contributed by atoms with Crippen molar-refractivity contribution >= 4 is 27.3 Å². The van der Waals surface area contributed by atoms with Gasteiger partial charge in [-0.2, -0.15) is 0 Å². The first-order valence-electron chi connectivity index (χ1n) is 5.52. The van der Waals surface area contributed by atoms with Gasteiger partial charge in [0, 0.05) is 18.7 Å². The molecule has 1 aromatic carbocycles. The van der Waals surface area contributed by atoms with E-state index in [1.165, 1.54) is 6.07 Å². The smallest absolute Gasteiger partial charge is 0.270 e. The summed E-state index contributed by atoms with van der Waals surface area (Å²) in [6, 6.07) is 3.28. The minimum atomic E-state index is -3.97. The van der Waals surface area contributed by atoms with Gasteiger partial charge in [0.2, 0.25) is 0 Å². The molecular weight excluding hydrogens is 296 g/mol. The van der Waals surface area contributed by atoms with Crippen LogP contribution in [0.25, 0.3) is 0 Å². The molecule has 2 rings (SSSR count). The van der Waals surface area contributed by atoms with Gasteiger partial charge in [-0.3, -0.25) is 15.0 Å². The number of nitro benzene ring substituents is 1.